The van der Waals surface area contributed by atoms with Crippen LogP contribution in [0.4, 0.5) is 0 Å². The van der Waals surface area contributed by atoms with Gasteiger partial charge in [0.15, 0.2) is 0 Å². The van der Waals surface area contributed by atoms with Crippen LogP contribution in [-0.4, -0.2) is 12.7 Å². The van der Waals surface area contributed by atoms with Crippen LogP contribution in [0.3, 0.4) is 0 Å². The Morgan fingerprint density at radius 1 is 1.18 bits per heavy atom. The molecule has 1 aromatic carbocycles. The maximum atomic E-state index is 3.49. The molecule has 90 valence electrons. The summed E-state index contributed by atoms with van der Waals surface area (Å²) in [6.07, 6.45) is 0.722. The minimum atomic E-state index is -0.146. The third-order valence-electron chi connectivity index (χ3n) is 3.33. The molecule has 0 amide bonds. The lowest BCUT2D eigenvalue weighted by molar-refractivity contribution is 0.290. The average molecular weight is 247 g/mol. The molecular formula is C15H20OP+. The molecule has 1 fully saturated rings. The Morgan fingerprint density at radius 3 is 2.24 bits per heavy atom. The van der Waals surface area contributed by atoms with Gasteiger partial charge in [-0.15, -0.1) is 0 Å². The molecule has 3 rings (SSSR count). The van der Waals surface area contributed by atoms with Gasteiger partial charge in [0.05, 0.1) is 10.6 Å². The maximum Gasteiger partial charge on any atom is 0.268 e. The van der Waals surface area contributed by atoms with Crippen molar-refractivity contribution in [3.05, 3.63) is 41.2 Å². The van der Waals surface area contributed by atoms with Crippen molar-refractivity contribution in [2.45, 2.75) is 33.8 Å². The van der Waals surface area contributed by atoms with Crippen molar-refractivity contribution in [3.8, 4) is 0 Å². The van der Waals surface area contributed by atoms with E-state index in [0.717, 1.165) is 6.10 Å². The van der Waals surface area contributed by atoms with E-state index < -0.39 is 0 Å². The molecule has 0 saturated carbocycles. The van der Waals surface area contributed by atoms with Gasteiger partial charge in [-0.05, 0) is 11.0 Å². The van der Waals surface area contributed by atoms with Gasteiger partial charge in [0, 0.05) is 6.92 Å². The normalized spacial score (nSPS) is 28.5. The predicted molar refractivity (Wildman–Crippen MR) is 75.2 cm³/mol. The third kappa shape index (κ3) is 1.96. The first-order valence-corrected chi connectivity index (χ1v) is 7.56. The number of epoxide rings is 1. The summed E-state index contributed by atoms with van der Waals surface area (Å²) in [7, 11) is -0.146. The molecule has 1 saturated heterocycles. The standard InChI is InChI=1S/C15H20OP/c1-11-10-16(11)17-13(14(17)15(2,3)4)12-8-6-5-7-9-12/h5-9,11H,10H2,1-4H3/q+1. The Labute approximate surface area is 105 Å². The van der Waals surface area contributed by atoms with Gasteiger partial charge < -0.3 is 4.15 Å². The van der Waals surface area contributed by atoms with E-state index in [9.17, 15) is 0 Å². The Hall–Kier alpha value is -0.650. The smallest absolute Gasteiger partial charge is 0.268 e. The highest BCUT2D eigenvalue weighted by atomic mass is 31.1. The van der Waals surface area contributed by atoms with Crippen molar-refractivity contribution in [2.24, 2.45) is 5.41 Å². The Kier molecular flexibility index (Phi) is 2.47. The van der Waals surface area contributed by atoms with Gasteiger partial charge in [0.1, 0.15) is 0 Å². The summed E-state index contributed by atoms with van der Waals surface area (Å²) >= 11 is 0. The number of benzene rings is 1. The summed E-state index contributed by atoms with van der Waals surface area (Å²) < 4.78 is 3.49. The lowest BCUT2D eigenvalue weighted by atomic mass is 9.95. The van der Waals surface area contributed by atoms with Gasteiger partial charge in [0.25, 0.3) is 8.15 Å². The van der Waals surface area contributed by atoms with E-state index in [1.807, 2.05) is 0 Å². The first-order valence-electron chi connectivity index (χ1n) is 6.30. The zero-order chi connectivity index (χ0) is 12.2. The summed E-state index contributed by atoms with van der Waals surface area (Å²) in [5.41, 5.74) is 1.74. The van der Waals surface area contributed by atoms with Crippen LogP contribution in [0.25, 0.3) is 5.31 Å². The highest BCUT2D eigenvalue weighted by molar-refractivity contribution is 7.78. The highest BCUT2D eigenvalue weighted by Crippen LogP contribution is 2.84. The number of rotatable bonds is 2. The highest BCUT2D eigenvalue weighted by Gasteiger charge is 2.62. The lowest BCUT2D eigenvalue weighted by Crippen LogP contribution is -2.01. The SMILES string of the molecule is CC1C[O+]1P1C(c2ccccc2)=C1C(C)(C)C. The quantitative estimate of drug-likeness (QED) is 0.402. The first kappa shape index (κ1) is 11.4. The van der Waals surface area contributed by atoms with E-state index in [4.69, 9.17) is 0 Å². The zero-order valence-electron chi connectivity index (χ0n) is 11.0. The monoisotopic (exact) mass is 247 g/mol. The molecule has 2 aliphatic rings. The molecule has 1 aromatic rings. The molecule has 2 aliphatic heterocycles. The summed E-state index contributed by atoms with van der Waals surface area (Å²) in [5.74, 6) is 0. The first-order chi connectivity index (χ1) is 8.00. The van der Waals surface area contributed by atoms with Crippen molar-refractivity contribution in [3.63, 3.8) is 0 Å². The van der Waals surface area contributed by atoms with Gasteiger partial charge in [0.2, 0.25) is 12.7 Å². The molecule has 0 radical (unpaired) electrons. The maximum absolute atomic E-state index is 3.49. The van der Waals surface area contributed by atoms with E-state index in [-0.39, 0.29) is 8.15 Å². The van der Waals surface area contributed by atoms with Crippen molar-refractivity contribution in [1.82, 2.24) is 0 Å². The van der Waals surface area contributed by atoms with E-state index >= 15 is 0 Å². The van der Waals surface area contributed by atoms with Crippen LogP contribution >= 0.6 is 8.15 Å². The second kappa shape index (κ2) is 3.67. The number of allylic oxidation sites excluding steroid dienone is 1. The van der Waals surface area contributed by atoms with Crippen LogP contribution in [0, 0.1) is 5.41 Å². The molecule has 2 unspecified atom stereocenters. The average Bonchev–Trinajstić information content (AvgIpc) is 3.11. The van der Waals surface area contributed by atoms with Crippen molar-refractivity contribution < 1.29 is 4.15 Å². The molecule has 2 atom stereocenters. The fourth-order valence-electron chi connectivity index (χ4n) is 2.35. The second-order valence-electron chi connectivity index (χ2n) is 5.99. The van der Waals surface area contributed by atoms with Crippen LogP contribution in [-0.2, 0) is 4.15 Å². The van der Waals surface area contributed by atoms with Crippen molar-refractivity contribution in [2.75, 3.05) is 6.61 Å². The minimum Gasteiger partial charge on any atom is -0.392 e. The van der Waals surface area contributed by atoms with E-state index in [1.165, 1.54) is 12.2 Å². The Morgan fingerprint density at radius 2 is 1.76 bits per heavy atom. The topological polar surface area (TPSA) is 2.70 Å². The van der Waals surface area contributed by atoms with Crippen LogP contribution in [0.1, 0.15) is 33.3 Å². The summed E-state index contributed by atoms with van der Waals surface area (Å²) in [6, 6.07) is 10.9. The fourth-order valence-corrected chi connectivity index (χ4v) is 5.42. The fraction of sp³-hybridized carbons (Fsp3) is 0.467. The van der Waals surface area contributed by atoms with Gasteiger partial charge in [-0.3, -0.25) is 0 Å². The molecule has 0 N–H and O–H groups in total. The van der Waals surface area contributed by atoms with E-state index in [0.29, 0.717) is 5.41 Å². The third-order valence-corrected chi connectivity index (χ3v) is 6.27. The molecule has 0 spiro atoms. The molecule has 1 nitrogen and oxygen atoms in total. The van der Waals surface area contributed by atoms with E-state index in [1.54, 1.807) is 10.6 Å². The second-order valence-corrected chi connectivity index (χ2v) is 7.94. The van der Waals surface area contributed by atoms with Gasteiger partial charge in [-0.1, -0.05) is 51.1 Å². The summed E-state index contributed by atoms with van der Waals surface area (Å²) in [5, 5.41) is 3.29. The predicted octanol–water partition coefficient (Wildman–Crippen LogP) is 4.77. The molecule has 2 heterocycles. The zero-order valence-corrected chi connectivity index (χ0v) is 11.9. The van der Waals surface area contributed by atoms with Crippen LogP contribution < -0.4 is 0 Å². The molecule has 17 heavy (non-hydrogen) atoms. The van der Waals surface area contributed by atoms with Crippen molar-refractivity contribution >= 4 is 13.5 Å². The summed E-state index contributed by atoms with van der Waals surface area (Å²) in [4.78, 5) is 0. The van der Waals surface area contributed by atoms with E-state index in [2.05, 4.69) is 62.2 Å². The Bertz CT molecular complexity index is 469. The number of hydrogen-bond donors (Lipinski definition) is 0. The molecule has 0 aromatic heterocycles. The van der Waals surface area contributed by atoms with Gasteiger partial charge in [-0.25, -0.2) is 0 Å². The lowest BCUT2D eigenvalue weighted by Gasteiger charge is -2.12. The number of hydrogen-bond acceptors (Lipinski definition) is 0. The molecule has 0 bridgehead atoms. The van der Waals surface area contributed by atoms with Gasteiger partial charge in [-0.2, -0.15) is 0 Å². The molecular weight excluding hydrogens is 227 g/mol. The van der Waals surface area contributed by atoms with Crippen LogP contribution in [0.2, 0.25) is 0 Å². The van der Waals surface area contributed by atoms with Crippen LogP contribution in [0.15, 0.2) is 35.6 Å². The van der Waals surface area contributed by atoms with Crippen LogP contribution in [0.5, 0.6) is 0 Å². The van der Waals surface area contributed by atoms with Gasteiger partial charge >= 0.3 is 0 Å². The summed E-state index contributed by atoms with van der Waals surface area (Å²) in [6.45, 7) is 10.5. The molecule has 0 aliphatic carbocycles. The Balaban J connectivity index is 1.93. The molecule has 2 heteroatoms. The largest absolute Gasteiger partial charge is 0.392 e. The minimum absolute atomic E-state index is 0.146. The van der Waals surface area contributed by atoms with Crippen molar-refractivity contribution in [1.29, 1.82) is 0 Å².